The number of benzene rings is 3. The molecule has 1 unspecified atom stereocenters. The molecule has 0 spiro atoms. The number of carbonyl (C=O) groups excluding carboxylic acids is 2. The van der Waals surface area contributed by atoms with Crippen LogP contribution in [-0.4, -0.2) is 16.3 Å². The highest BCUT2D eigenvalue weighted by molar-refractivity contribution is 7.16. The molecule has 1 aromatic heterocycles. The average molecular weight is 401 g/mol. The smallest absolute Gasteiger partial charge is 0.279 e. The maximum atomic E-state index is 13.1. The molecule has 4 nitrogen and oxygen atoms in total. The van der Waals surface area contributed by atoms with Crippen LogP contribution in [-0.2, 0) is 0 Å². The van der Waals surface area contributed by atoms with E-state index in [1.54, 1.807) is 12.1 Å². The molecule has 29 heavy (non-hydrogen) atoms. The molecule has 0 aliphatic rings. The minimum Gasteiger partial charge on any atom is -0.306 e. The largest absolute Gasteiger partial charge is 0.306 e. The first-order valence-electron chi connectivity index (χ1n) is 9.39. The molecule has 4 aromatic rings. The van der Waals surface area contributed by atoms with Crippen LogP contribution in [0.2, 0.25) is 0 Å². The van der Waals surface area contributed by atoms with Gasteiger partial charge in [0.15, 0.2) is 10.6 Å². The first kappa shape index (κ1) is 19.0. The fourth-order valence-corrected chi connectivity index (χ4v) is 4.35. The van der Waals surface area contributed by atoms with Crippen molar-refractivity contribution >= 4 is 33.2 Å². The van der Waals surface area contributed by atoms with E-state index >= 15 is 0 Å². The zero-order valence-corrected chi connectivity index (χ0v) is 17.0. The third-order valence-electron chi connectivity index (χ3n) is 4.85. The maximum Gasteiger partial charge on any atom is 0.279 e. The van der Waals surface area contributed by atoms with E-state index in [4.69, 9.17) is 0 Å². The summed E-state index contributed by atoms with van der Waals surface area (Å²) in [5.41, 5.74) is 3.14. The van der Waals surface area contributed by atoms with Crippen molar-refractivity contribution in [1.82, 2.24) is 4.57 Å². The number of aromatic nitrogens is 1. The van der Waals surface area contributed by atoms with Crippen LogP contribution in [0.15, 0.2) is 83.9 Å². The summed E-state index contributed by atoms with van der Waals surface area (Å²) >= 11 is 1.41. The molecule has 0 aliphatic carbocycles. The summed E-state index contributed by atoms with van der Waals surface area (Å²) in [5, 5.41) is 0. The first-order valence-corrected chi connectivity index (χ1v) is 10.2. The average Bonchev–Trinajstić information content (AvgIpc) is 3.11. The maximum absolute atomic E-state index is 13.1. The van der Waals surface area contributed by atoms with Gasteiger partial charge in [0.05, 0.1) is 16.3 Å². The molecule has 5 heteroatoms. The highest BCUT2D eigenvalue weighted by Crippen LogP contribution is 2.23. The number of Topliss-reactive ketones (excluding diaryl/α,β-unsaturated/α-hetero) is 1. The quantitative estimate of drug-likeness (QED) is 0.442. The number of fused-ring (bicyclic) bond motifs is 1. The summed E-state index contributed by atoms with van der Waals surface area (Å²) in [6.07, 6.45) is 0. The normalized spacial score (nSPS) is 12.8. The van der Waals surface area contributed by atoms with Gasteiger partial charge in [-0.3, -0.25) is 9.59 Å². The molecule has 0 fully saturated rings. The molecule has 1 atom stereocenters. The Bertz CT molecular complexity index is 1250. The molecule has 1 amide bonds. The van der Waals surface area contributed by atoms with Crippen molar-refractivity contribution in [3.05, 3.63) is 100 Å². The molecule has 0 radical (unpaired) electrons. The van der Waals surface area contributed by atoms with E-state index in [9.17, 15) is 9.59 Å². The van der Waals surface area contributed by atoms with Gasteiger partial charge in [0.25, 0.3) is 5.91 Å². The van der Waals surface area contributed by atoms with Gasteiger partial charge in [-0.2, -0.15) is 4.99 Å². The zero-order valence-electron chi connectivity index (χ0n) is 16.2. The molecule has 3 aromatic carbocycles. The molecule has 0 saturated carbocycles. The Balaban J connectivity index is 1.84. The van der Waals surface area contributed by atoms with Crippen LogP contribution < -0.4 is 4.80 Å². The summed E-state index contributed by atoms with van der Waals surface area (Å²) in [6, 6.07) is 23.8. The van der Waals surface area contributed by atoms with Gasteiger partial charge in [-0.25, -0.2) is 0 Å². The number of amides is 1. The molecule has 0 bridgehead atoms. The van der Waals surface area contributed by atoms with E-state index in [0.717, 1.165) is 15.8 Å². The van der Waals surface area contributed by atoms with E-state index in [0.29, 0.717) is 15.9 Å². The Morgan fingerprint density at radius 3 is 2.24 bits per heavy atom. The molecule has 1 heterocycles. The minimum atomic E-state index is -0.488. The second-order valence-corrected chi connectivity index (χ2v) is 7.92. The SMILES string of the molecule is Cc1ccc(C(=O)N=c2sc3ccccc3n2C(C)C(=O)c2ccccc2)cc1. The zero-order chi connectivity index (χ0) is 20.4. The highest BCUT2D eigenvalue weighted by atomic mass is 32.1. The second-order valence-electron chi connectivity index (χ2n) is 6.91. The number of thiazole rings is 1. The Labute approximate surface area is 172 Å². The number of ketones is 1. The Morgan fingerprint density at radius 1 is 0.862 bits per heavy atom. The first-order chi connectivity index (χ1) is 14.0. The van der Waals surface area contributed by atoms with Gasteiger partial charge in [0.2, 0.25) is 0 Å². The fourth-order valence-electron chi connectivity index (χ4n) is 3.25. The number of aryl methyl sites for hydroxylation is 1. The van der Waals surface area contributed by atoms with Gasteiger partial charge < -0.3 is 4.57 Å². The summed E-state index contributed by atoms with van der Waals surface area (Å²) in [4.78, 5) is 30.8. The third-order valence-corrected chi connectivity index (χ3v) is 5.89. The van der Waals surface area contributed by atoms with Crippen molar-refractivity contribution in [1.29, 1.82) is 0 Å². The van der Waals surface area contributed by atoms with Crippen molar-refractivity contribution in [3.8, 4) is 0 Å². The second kappa shape index (κ2) is 7.97. The standard InChI is InChI=1S/C24H20N2O2S/c1-16-12-14-19(15-13-16)23(28)25-24-26(20-10-6-7-11-21(20)29-24)17(2)22(27)18-8-4-3-5-9-18/h3-15,17H,1-2H3. The van der Waals surface area contributed by atoms with Crippen molar-refractivity contribution in [2.75, 3.05) is 0 Å². The molecule has 0 N–H and O–H groups in total. The number of para-hydroxylation sites is 1. The number of hydrogen-bond donors (Lipinski definition) is 0. The lowest BCUT2D eigenvalue weighted by Gasteiger charge is -2.14. The fraction of sp³-hybridized carbons (Fsp3) is 0.125. The summed E-state index contributed by atoms with van der Waals surface area (Å²) in [7, 11) is 0. The lowest BCUT2D eigenvalue weighted by molar-refractivity contribution is 0.0931. The third kappa shape index (κ3) is 3.82. The van der Waals surface area contributed by atoms with Gasteiger partial charge in [-0.05, 0) is 38.1 Å². The Hall–Kier alpha value is -3.31. The van der Waals surface area contributed by atoms with Crippen molar-refractivity contribution in [2.45, 2.75) is 19.9 Å². The van der Waals surface area contributed by atoms with E-state index in [-0.39, 0.29) is 11.7 Å². The molecular weight excluding hydrogens is 380 g/mol. The molecule has 4 rings (SSSR count). The summed E-state index contributed by atoms with van der Waals surface area (Å²) in [5.74, 6) is -0.331. The Kier molecular flexibility index (Phi) is 5.23. The molecule has 0 aliphatic heterocycles. The van der Waals surface area contributed by atoms with Crippen LogP contribution >= 0.6 is 11.3 Å². The summed E-state index contributed by atoms with van der Waals surface area (Å²) in [6.45, 7) is 3.83. The highest BCUT2D eigenvalue weighted by Gasteiger charge is 2.21. The lowest BCUT2D eigenvalue weighted by Crippen LogP contribution is -2.26. The predicted molar refractivity (Wildman–Crippen MR) is 116 cm³/mol. The van der Waals surface area contributed by atoms with E-state index in [1.807, 2.05) is 85.1 Å². The van der Waals surface area contributed by atoms with Crippen LogP contribution in [0.3, 0.4) is 0 Å². The van der Waals surface area contributed by atoms with E-state index in [1.165, 1.54) is 11.3 Å². The minimum absolute atomic E-state index is 0.0154. The van der Waals surface area contributed by atoms with Gasteiger partial charge in [-0.15, -0.1) is 0 Å². The van der Waals surface area contributed by atoms with Crippen LogP contribution in [0.4, 0.5) is 0 Å². The van der Waals surface area contributed by atoms with Gasteiger partial charge in [0.1, 0.15) is 0 Å². The monoisotopic (exact) mass is 400 g/mol. The number of rotatable bonds is 4. The van der Waals surface area contributed by atoms with E-state index in [2.05, 4.69) is 4.99 Å². The predicted octanol–water partition coefficient (Wildman–Crippen LogP) is 5.20. The Morgan fingerprint density at radius 2 is 1.52 bits per heavy atom. The van der Waals surface area contributed by atoms with E-state index < -0.39 is 6.04 Å². The van der Waals surface area contributed by atoms with Crippen LogP contribution in [0.5, 0.6) is 0 Å². The van der Waals surface area contributed by atoms with Crippen LogP contribution in [0, 0.1) is 6.92 Å². The van der Waals surface area contributed by atoms with Crippen molar-refractivity contribution < 1.29 is 9.59 Å². The number of nitrogens with zero attached hydrogens (tertiary/aromatic N) is 2. The van der Waals surface area contributed by atoms with Gasteiger partial charge in [-0.1, -0.05) is 71.5 Å². The van der Waals surface area contributed by atoms with Crippen molar-refractivity contribution in [2.24, 2.45) is 4.99 Å². The summed E-state index contributed by atoms with van der Waals surface area (Å²) < 4.78 is 2.84. The molecule has 0 saturated heterocycles. The number of hydrogen-bond acceptors (Lipinski definition) is 3. The lowest BCUT2D eigenvalue weighted by atomic mass is 10.1. The number of carbonyl (C=O) groups is 2. The van der Waals surface area contributed by atoms with Gasteiger partial charge >= 0.3 is 0 Å². The van der Waals surface area contributed by atoms with Crippen LogP contribution in [0.1, 0.15) is 39.2 Å². The molecule has 144 valence electrons. The van der Waals surface area contributed by atoms with Gasteiger partial charge in [0, 0.05) is 11.1 Å². The molecular formula is C24H20N2O2S. The van der Waals surface area contributed by atoms with Crippen molar-refractivity contribution in [3.63, 3.8) is 0 Å². The topological polar surface area (TPSA) is 51.4 Å². The van der Waals surface area contributed by atoms with Crippen LogP contribution in [0.25, 0.3) is 10.2 Å².